The first kappa shape index (κ1) is 12.0. The average molecular weight is 302 g/mol. The number of hydrogen-bond acceptors (Lipinski definition) is 2. The number of halogens is 2. The smallest absolute Gasteiger partial charge is 0.307 e. The van der Waals surface area contributed by atoms with Crippen LogP contribution in [0.5, 0.6) is 0 Å². The second-order valence-corrected chi connectivity index (χ2v) is 4.75. The van der Waals surface area contributed by atoms with Crippen LogP contribution in [0, 0.1) is 17.7 Å². The third-order valence-electron chi connectivity index (χ3n) is 2.63. The van der Waals surface area contributed by atoms with Crippen LogP contribution in [0.1, 0.15) is 6.42 Å². The van der Waals surface area contributed by atoms with E-state index in [-0.39, 0.29) is 5.91 Å². The maximum Gasteiger partial charge on any atom is 0.307 e. The molecule has 1 aromatic carbocycles. The second kappa shape index (κ2) is 4.44. The molecule has 90 valence electrons. The van der Waals surface area contributed by atoms with E-state index in [0.29, 0.717) is 16.6 Å². The lowest BCUT2D eigenvalue weighted by Gasteiger charge is -2.06. The summed E-state index contributed by atoms with van der Waals surface area (Å²) in [7, 11) is 0. The molecule has 1 aliphatic rings. The Morgan fingerprint density at radius 2 is 2.12 bits per heavy atom. The molecule has 4 nitrogen and oxygen atoms in total. The summed E-state index contributed by atoms with van der Waals surface area (Å²) >= 11 is 3.12. The minimum absolute atomic E-state index is 0.343. The van der Waals surface area contributed by atoms with Gasteiger partial charge in [0.25, 0.3) is 0 Å². The molecule has 0 radical (unpaired) electrons. The number of amides is 1. The van der Waals surface area contributed by atoms with Gasteiger partial charge in [-0.2, -0.15) is 0 Å². The van der Waals surface area contributed by atoms with Crippen LogP contribution in [0.4, 0.5) is 10.1 Å². The summed E-state index contributed by atoms with van der Waals surface area (Å²) in [6.45, 7) is 0. The van der Waals surface area contributed by atoms with E-state index in [1.165, 1.54) is 18.2 Å². The normalized spacial score (nSPS) is 22.0. The summed E-state index contributed by atoms with van der Waals surface area (Å²) in [6, 6.07) is 3.88. The number of carbonyl (C=O) groups excluding carboxylic acids is 1. The Balaban J connectivity index is 2.02. The fourth-order valence-electron chi connectivity index (χ4n) is 1.57. The molecule has 2 N–H and O–H groups in total. The van der Waals surface area contributed by atoms with Crippen LogP contribution in [0.3, 0.4) is 0 Å². The summed E-state index contributed by atoms with van der Waals surface area (Å²) in [5.41, 5.74) is 0.437. The van der Waals surface area contributed by atoms with Crippen LogP contribution in [0.25, 0.3) is 0 Å². The van der Waals surface area contributed by atoms with Crippen molar-refractivity contribution in [1.82, 2.24) is 0 Å². The number of hydrogen-bond donors (Lipinski definition) is 2. The molecule has 0 saturated heterocycles. The number of aliphatic carboxylic acids is 1. The fraction of sp³-hybridized carbons (Fsp3) is 0.273. The highest BCUT2D eigenvalue weighted by atomic mass is 79.9. The maximum absolute atomic E-state index is 12.8. The van der Waals surface area contributed by atoms with E-state index < -0.39 is 23.6 Å². The van der Waals surface area contributed by atoms with Crippen molar-refractivity contribution in [3.8, 4) is 0 Å². The molecule has 0 aliphatic heterocycles. The molecule has 0 spiro atoms. The third-order valence-corrected chi connectivity index (χ3v) is 3.29. The minimum Gasteiger partial charge on any atom is -0.481 e. The Morgan fingerprint density at radius 3 is 2.65 bits per heavy atom. The molecule has 1 fully saturated rings. The highest BCUT2D eigenvalue weighted by molar-refractivity contribution is 9.10. The molecule has 0 heterocycles. The quantitative estimate of drug-likeness (QED) is 0.900. The summed E-state index contributed by atoms with van der Waals surface area (Å²) in [5.74, 6) is -2.78. The van der Waals surface area contributed by atoms with E-state index in [1.807, 2.05) is 0 Å². The number of benzene rings is 1. The van der Waals surface area contributed by atoms with Gasteiger partial charge in [-0.05, 0) is 40.5 Å². The van der Waals surface area contributed by atoms with E-state index in [9.17, 15) is 14.0 Å². The van der Waals surface area contributed by atoms with Crippen LogP contribution in [0.2, 0.25) is 0 Å². The molecule has 1 aliphatic carbocycles. The number of carboxylic acids is 1. The molecule has 1 amide bonds. The number of nitrogens with one attached hydrogen (secondary N) is 1. The minimum atomic E-state index is -0.955. The van der Waals surface area contributed by atoms with E-state index in [4.69, 9.17) is 5.11 Å². The molecule has 1 saturated carbocycles. The highest BCUT2D eigenvalue weighted by Gasteiger charge is 2.48. The van der Waals surface area contributed by atoms with Gasteiger partial charge in [0.1, 0.15) is 5.82 Å². The first-order valence-electron chi connectivity index (χ1n) is 4.98. The lowest BCUT2D eigenvalue weighted by atomic mass is 10.2. The Bertz CT molecular complexity index is 492. The van der Waals surface area contributed by atoms with Gasteiger partial charge in [0, 0.05) is 4.47 Å². The van der Waals surface area contributed by atoms with Crippen molar-refractivity contribution in [1.29, 1.82) is 0 Å². The molecular formula is C11H9BrFNO3. The van der Waals surface area contributed by atoms with Crippen LogP contribution in [-0.4, -0.2) is 17.0 Å². The van der Waals surface area contributed by atoms with Crippen molar-refractivity contribution in [3.63, 3.8) is 0 Å². The SMILES string of the molecule is O=C(O)[C@H]1C[C@H]1C(=O)Nc1ccc(F)cc1Br. The summed E-state index contributed by atoms with van der Waals surface area (Å²) < 4.78 is 13.2. The predicted molar refractivity (Wildman–Crippen MR) is 62.0 cm³/mol. The van der Waals surface area contributed by atoms with Crippen molar-refractivity contribution in [3.05, 3.63) is 28.5 Å². The Morgan fingerprint density at radius 1 is 1.41 bits per heavy atom. The molecule has 0 aromatic heterocycles. The maximum atomic E-state index is 12.8. The van der Waals surface area contributed by atoms with Crippen LogP contribution < -0.4 is 5.32 Å². The van der Waals surface area contributed by atoms with Gasteiger partial charge < -0.3 is 10.4 Å². The molecular weight excluding hydrogens is 293 g/mol. The van der Waals surface area contributed by atoms with Gasteiger partial charge in [-0.3, -0.25) is 9.59 Å². The molecule has 1 aromatic rings. The van der Waals surface area contributed by atoms with Crippen molar-refractivity contribution < 1.29 is 19.1 Å². The Hall–Kier alpha value is -1.43. The summed E-state index contributed by atoms with van der Waals surface area (Å²) in [5, 5.41) is 11.3. The van der Waals surface area contributed by atoms with E-state index in [1.54, 1.807) is 0 Å². The van der Waals surface area contributed by atoms with Crippen molar-refractivity contribution in [2.75, 3.05) is 5.32 Å². The molecule has 0 unspecified atom stereocenters. The van der Waals surface area contributed by atoms with Gasteiger partial charge >= 0.3 is 5.97 Å². The number of carbonyl (C=O) groups is 2. The Kier molecular flexibility index (Phi) is 3.15. The monoisotopic (exact) mass is 301 g/mol. The van der Waals surface area contributed by atoms with E-state index >= 15 is 0 Å². The van der Waals surface area contributed by atoms with E-state index in [2.05, 4.69) is 21.2 Å². The lowest BCUT2D eigenvalue weighted by molar-refractivity contribution is -0.139. The van der Waals surface area contributed by atoms with Crippen LogP contribution in [-0.2, 0) is 9.59 Å². The third kappa shape index (κ3) is 2.63. The van der Waals surface area contributed by atoms with Crippen LogP contribution >= 0.6 is 15.9 Å². The molecule has 6 heteroatoms. The average Bonchev–Trinajstić information content (AvgIpc) is 3.01. The van der Waals surface area contributed by atoms with Crippen molar-refractivity contribution in [2.24, 2.45) is 11.8 Å². The van der Waals surface area contributed by atoms with Crippen LogP contribution in [0.15, 0.2) is 22.7 Å². The zero-order valence-electron chi connectivity index (χ0n) is 8.61. The Labute approximate surface area is 105 Å². The molecule has 2 atom stereocenters. The molecule has 0 bridgehead atoms. The van der Waals surface area contributed by atoms with Gasteiger partial charge in [0.15, 0.2) is 0 Å². The largest absolute Gasteiger partial charge is 0.481 e. The summed E-state index contributed by atoms with van der Waals surface area (Å²) in [6.07, 6.45) is 0.361. The molecule has 2 rings (SSSR count). The lowest BCUT2D eigenvalue weighted by Crippen LogP contribution is -2.17. The first-order valence-corrected chi connectivity index (χ1v) is 5.77. The zero-order chi connectivity index (χ0) is 12.6. The zero-order valence-corrected chi connectivity index (χ0v) is 10.2. The first-order chi connectivity index (χ1) is 7.99. The highest BCUT2D eigenvalue weighted by Crippen LogP contribution is 2.39. The number of carboxylic acid groups (broad SMARTS) is 1. The summed E-state index contributed by atoms with van der Waals surface area (Å²) in [4.78, 5) is 22.2. The topological polar surface area (TPSA) is 66.4 Å². The van der Waals surface area contributed by atoms with Gasteiger partial charge in [-0.1, -0.05) is 0 Å². The van der Waals surface area contributed by atoms with Gasteiger partial charge in [0.2, 0.25) is 5.91 Å². The van der Waals surface area contributed by atoms with Crippen molar-refractivity contribution >= 4 is 33.5 Å². The van der Waals surface area contributed by atoms with Gasteiger partial charge in [-0.15, -0.1) is 0 Å². The standard InChI is InChI=1S/C11H9BrFNO3/c12-8-3-5(13)1-2-9(8)14-10(15)6-4-7(6)11(16)17/h1-3,6-7H,4H2,(H,14,15)(H,16,17)/t6-,7+/m1/s1. The number of anilines is 1. The predicted octanol–water partition coefficient (Wildman–Crippen LogP) is 2.25. The second-order valence-electron chi connectivity index (χ2n) is 3.90. The van der Waals surface area contributed by atoms with Crippen molar-refractivity contribution in [2.45, 2.75) is 6.42 Å². The van der Waals surface area contributed by atoms with Gasteiger partial charge in [0.05, 0.1) is 17.5 Å². The van der Waals surface area contributed by atoms with E-state index in [0.717, 1.165) is 0 Å². The van der Waals surface area contributed by atoms with Gasteiger partial charge in [-0.25, -0.2) is 4.39 Å². The number of rotatable bonds is 3. The molecule has 17 heavy (non-hydrogen) atoms. The fourth-order valence-corrected chi connectivity index (χ4v) is 2.02.